The van der Waals surface area contributed by atoms with Gasteiger partial charge in [0.05, 0.1) is 10.9 Å². The number of nitrogens with zero attached hydrogens (tertiary/aromatic N) is 2. The Morgan fingerprint density at radius 1 is 0.643 bits per heavy atom. The lowest BCUT2D eigenvalue weighted by Crippen LogP contribution is -2.49. The Morgan fingerprint density at radius 3 is 1.71 bits per heavy atom. The largest absolute Gasteiger partial charge is 0.290 e. The second kappa shape index (κ2) is 6.85. The Labute approximate surface area is 166 Å². The van der Waals surface area contributed by atoms with E-state index < -0.39 is 10.0 Å². The first kappa shape index (κ1) is 17.6. The topological polar surface area (TPSA) is 40.6 Å². The second-order valence-corrected chi connectivity index (χ2v) is 9.27. The minimum absolute atomic E-state index is 0.203. The van der Waals surface area contributed by atoms with Crippen LogP contribution < -0.4 is 0 Å². The number of hydrogen-bond donors (Lipinski definition) is 0. The third-order valence-corrected chi connectivity index (χ3v) is 7.73. The predicted molar refractivity (Wildman–Crippen MR) is 110 cm³/mol. The van der Waals surface area contributed by atoms with Gasteiger partial charge in [0.2, 0.25) is 10.0 Å². The van der Waals surface area contributed by atoms with Gasteiger partial charge in [-0.1, -0.05) is 66.7 Å². The summed E-state index contributed by atoms with van der Waals surface area (Å²) in [6, 6.07) is 26.1. The van der Waals surface area contributed by atoms with E-state index in [0.717, 1.165) is 13.1 Å². The van der Waals surface area contributed by atoms with Gasteiger partial charge in [0.15, 0.2) is 0 Å². The van der Waals surface area contributed by atoms with E-state index in [1.807, 2.05) is 6.07 Å². The van der Waals surface area contributed by atoms with Gasteiger partial charge in [0.1, 0.15) is 0 Å². The molecule has 2 aliphatic rings. The first-order valence-corrected chi connectivity index (χ1v) is 11.1. The Hall–Kier alpha value is -2.47. The van der Waals surface area contributed by atoms with Gasteiger partial charge in [0, 0.05) is 26.2 Å². The fourth-order valence-electron chi connectivity index (χ4n) is 4.47. The molecule has 142 valence electrons. The van der Waals surface area contributed by atoms with Crippen LogP contribution in [0, 0.1) is 0 Å². The van der Waals surface area contributed by atoms with Crippen LogP contribution in [0.15, 0.2) is 83.8 Å². The molecule has 0 saturated carbocycles. The molecule has 0 N–H and O–H groups in total. The number of rotatable bonds is 3. The van der Waals surface area contributed by atoms with Crippen LogP contribution in [0.2, 0.25) is 0 Å². The fraction of sp³-hybridized carbons (Fsp3) is 0.217. The maximum absolute atomic E-state index is 12.9. The number of hydrogen-bond acceptors (Lipinski definition) is 3. The highest BCUT2D eigenvalue weighted by atomic mass is 32.2. The third kappa shape index (κ3) is 2.78. The zero-order valence-electron chi connectivity index (χ0n) is 15.5. The highest BCUT2D eigenvalue weighted by Crippen LogP contribution is 2.46. The van der Waals surface area contributed by atoms with Crippen molar-refractivity contribution in [1.29, 1.82) is 0 Å². The van der Waals surface area contributed by atoms with E-state index in [-0.39, 0.29) is 6.04 Å². The molecule has 0 spiro atoms. The molecule has 1 aliphatic heterocycles. The van der Waals surface area contributed by atoms with Crippen LogP contribution >= 0.6 is 0 Å². The van der Waals surface area contributed by atoms with Gasteiger partial charge in [-0.25, -0.2) is 8.42 Å². The second-order valence-electron chi connectivity index (χ2n) is 7.33. The molecule has 0 aromatic heterocycles. The smallest absolute Gasteiger partial charge is 0.243 e. The van der Waals surface area contributed by atoms with Crippen molar-refractivity contribution >= 4 is 10.0 Å². The average molecular weight is 391 g/mol. The lowest BCUT2D eigenvalue weighted by Gasteiger charge is -2.38. The molecule has 1 heterocycles. The summed E-state index contributed by atoms with van der Waals surface area (Å²) in [6.45, 7) is 2.47. The first-order chi connectivity index (χ1) is 13.7. The van der Waals surface area contributed by atoms with E-state index in [4.69, 9.17) is 0 Å². The Morgan fingerprint density at radius 2 is 1.14 bits per heavy atom. The van der Waals surface area contributed by atoms with Gasteiger partial charge in [-0.2, -0.15) is 4.31 Å². The maximum atomic E-state index is 12.9. The normalized spacial score (nSPS) is 18.0. The van der Waals surface area contributed by atoms with Crippen LogP contribution in [-0.4, -0.2) is 43.8 Å². The quantitative estimate of drug-likeness (QED) is 0.684. The molecule has 1 aliphatic carbocycles. The molecule has 3 aromatic carbocycles. The highest BCUT2D eigenvalue weighted by molar-refractivity contribution is 7.89. The van der Waals surface area contributed by atoms with Crippen LogP contribution in [-0.2, 0) is 10.0 Å². The summed E-state index contributed by atoms with van der Waals surface area (Å²) in [6.07, 6.45) is 0. The highest BCUT2D eigenvalue weighted by Gasteiger charge is 2.36. The van der Waals surface area contributed by atoms with E-state index in [2.05, 4.69) is 53.4 Å². The number of sulfonamides is 1. The summed E-state index contributed by atoms with van der Waals surface area (Å²) < 4.78 is 27.5. The molecule has 5 rings (SSSR count). The van der Waals surface area contributed by atoms with Crippen LogP contribution in [0.25, 0.3) is 11.1 Å². The lowest BCUT2D eigenvalue weighted by atomic mass is 10.0. The molecule has 28 heavy (non-hydrogen) atoms. The molecular formula is C23H22N2O2S. The molecule has 1 saturated heterocycles. The van der Waals surface area contributed by atoms with Gasteiger partial charge in [-0.05, 0) is 34.4 Å². The average Bonchev–Trinajstić information content (AvgIpc) is 3.09. The lowest BCUT2D eigenvalue weighted by molar-refractivity contribution is 0.158. The number of fused-ring (bicyclic) bond motifs is 3. The monoisotopic (exact) mass is 390 g/mol. The Kier molecular flexibility index (Phi) is 4.31. The van der Waals surface area contributed by atoms with Crippen LogP contribution in [0.1, 0.15) is 17.2 Å². The van der Waals surface area contributed by atoms with Crippen LogP contribution in [0.4, 0.5) is 0 Å². The Bertz CT molecular complexity index is 1060. The zero-order valence-corrected chi connectivity index (χ0v) is 16.3. The summed E-state index contributed by atoms with van der Waals surface area (Å²) in [5, 5.41) is 0. The van der Waals surface area contributed by atoms with E-state index in [1.54, 1.807) is 28.6 Å². The summed E-state index contributed by atoms with van der Waals surface area (Å²) >= 11 is 0. The number of piperazine rings is 1. The minimum atomic E-state index is -3.42. The van der Waals surface area contributed by atoms with Crippen molar-refractivity contribution in [3.8, 4) is 11.1 Å². The molecular weight excluding hydrogens is 368 g/mol. The Balaban J connectivity index is 1.41. The van der Waals surface area contributed by atoms with Crippen molar-refractivity contribution in [1.82, 2.24) is 9.21 Å². The minimum Gasteiger partial charge on any atom is -0.290 e. The zero-order chi connectivity index (χ0) is 19.1. The molecule has 0 radical (unpaired) electrons. The van der Waals surface area contributed by atoms with E-state index in [9.17, 15) is 8.42 Å². The van der Waals surface area contributed by atoms with Gasteiger partial charge in [-0.3, -0.25) is 4.90 Å². The third-order valence-electron chi connectivity index (χ3n) is 5.82. The molecule has 0 bridgehead atoms. The molecule has 3 aromatic rings. The molecule has 5 heteroatoms. The molecule has 0 atom stereocenters. The van der Waals surface area contributed by atoms with Crippen molar-refractivity contribution < 1.29 is 8.42 Å². The van der Waals surface area contributed by atoms with Crippen LogP contribution in [0.5, 0.6) is 0 Å². The van der Waals surface area contributed by atoms with Gasteiger partial charge in [0.25, 0.3) is 0 Å². The van der Waals surface area contributed by atoms with Crippen molar-refractivity contribution in [2.75, 3.05) is 26.2 Å². The molecule has 0 amide bonds. The first-order valence-electron chi connectivity index (χ1n) is 9.64. The molecule has 4 nitrogen and oxygen atoms in total. The predicted octanol–water partition coefficient (Wildman–Crippen LogP) is 3.76. The molecule has 0 unspecified atom stereocenters. The number of benzene rings is 3. The van der Waals surface area contributed by atoms with Gasteiger partial charge < -0.3 is 0 Å². The van der Waals surface area contributed by atoms with Crippen molar-refractivity contribution in [2.24, 2.45) is 0 Å². The summed E-state index contributed by atoms with van der Waals surface area (Å²) in [5.41, 5.74) is 5.23. The van der Waals surface area contributed by atoms with E-state index in [1.165, 1.54) is 22.3 Å². The summed E-state index contributed by atoms with van der Waals surface area (Å²) in [7, 11) is -3.42. The molecule has 1 fully saturated rings. The summed E-state index contributed by atoms with van der Waals surface area (Å²) in [5.74, 6) is 0. The van der Waals surface area contributed by atoms with Gasteiger partial charge >= 0.3 is 0 Å². The standard InChI is InChI=1S/C23H22N2O2S/c26-28(27,18-8-2-1-3-9-18)25-16-14-24(15-17-25)23-21-12-6-4-10-19(21)20-11-5-7-13-22(20)23/h1-13,23H,14-17H2. The van der Waals surface area contributed by atoms with Crippen LogP contribution in [0.3, 0.4) is 0 Å². The van der Waals surface area contributed by atoms with Gasteiger partial charge in [-0.15, -0.1) is 0 Å². The SMILES string of the molecule is O=S(=O)(c1ccccc1)N1CCN(C2c3ccccc3-c3ccccc32)CC1. The van der Waals surface area contributed by atoms with Crippen molar-refractivity contribution in [3.05, 3.63) is 90.0 Å². The van der Waals surface area contributed by atoms with E-state index >= 15 is 0 Å². The summed E-state index contributed by atoms with van der Waals surface area (Å²) in [4.78, 5) is 2.79. The fourth-order valence-corrected chi connectivity index (χ4v) is 5.91. The van der Waals surface area contributed by atoms with Crippen molar-refractivity contribution in [2.45, 2.75) is 10.9 Å². The van der Waals surface area contributed by atoms with Crippen molar-refractivity contribution in [3.63, 3.8) is 0 Å². The van der Waals surface area contributed by atoms with E-state index in [0.29, 0.717) is 18.0 Å². The maximum Gasteiger partial charge on any atom is 0.243 e.